The van der Waals surface area contributed by atoms with Crippen LogP contribution < -0.4 is 5.32 Å². The van der Waals surface area contributed by atoms with Gasteiger partial charge in [-0.05, 0) is 36.2 Å². The quantitative estimate of drug-likeness (QED) is 0.711. The van der Waals surface area contributed by atoms with Crippen LogP contribution in [-0.2, 0) is 13.0 Å². The second kappa shape index (κ2) is 7.63. The Hall–Kier alpha value is -3.27. The molecule has 29 heavy (non-hydrogen) atoms. The minimum absolute atomic E-state index is 0.210. The molecule has 148 valence electrons. The van der Waals surface area contributed by atoms with E-state index in [-0.39, 0.29) is 22.7 Å². The summed E-state index contributed by atoms with van der Waals surface area (Å²) in [5.74, 6) is -3.17. The highest BCUT2D eigenvalue weighted by molar-refractivity contribution is 7.08. The maximum atomic E-state index is 14.4. The fraction of sp³-hybridized carbons (Fsp3) is 0.211. The number of carbonyl (C=O) groups is 2. The molecule has 0 atom stereocenters. The lowest BCUT2D eigenvalue weighted by molar-refractivity contribution is 0.0728. The summed E-state index contributed by atoms with van der Waals surface area (Å²) in [4.78, 5) is 31.1. The molecule has 0 aliphatic carbocycles. The molecule has 2 amide bonds. The van der Waals surface area contributed by atoms with Crippen LogP contribution in [0.5, 0.6) is 0 Å². The van der Waals surface area contributed by atoms with Crippen molar-refractivity contribution in [1.82, 2.24) is 19.5 Å². The van der Waals surface area contributed by atoms with E-state index >= 15 is 0 Å². The molecule has 3 aromatic rings. The van der Waals surface area contributed by atoms with Crippen molar-refractivity contribution in [1.29, 1.82) is 0 Å². The summed E-state index contributed by atoms with van der Waals surface area (Å²) in [7, 11) is 0. The summed E-state index contributed by atoms with van der Waals surface area (Å²) in [5, 5.41) is 6.09. The first-order chi connectivity index (χ1) is 13.9. The highest BCUT2D eigenvalue weighted by atomic mass is 32.1. The lowest BCUT2D eigenvalue weighted by atomic mass is 10.0. The molecule has 2 aromatic heterocycles. The maximum Gasteiger partial charge on any atom is 0.269 e. The molecule has 1 aliphatic heterocycles. The van der Waals surface area contributed by atoms with Crippen molar-refractivity contribution < 1.29 is 18.4 Å². The number of hydrogen-bond donors (Lipinski definition) is 1. The van der Waals surface area contributed by atoms with Crippen LogP contribution in [0.2, 0.25) is 0 Å². The zero-order chi connectivity index (χ0) is 20.5. The average molecular weight is 415 g/mol. The van der Waals surface area contributed by atoms with Gasteiger partial charge in [0.2, 0.25) is 0 Å². The molecule has 0 bridgehead atoms. The number of nitrogens with one attached hydrogen (secondary N) is 1. The topological polar surface area (TPSA) is 88.1 Å². The fourth-order valence-electron chi connectivity index (χ4n) is 3.14. The molecule has 10 heteroatoms. The van der Waals surface area contributed by atoms with E-state index in [9.17, 15) is 18.4 Å². The van der Waals surface area contributed by atoms with Gasteiger partial charge in [-0.1, -0.05) is 10.6 Å². The van der Waals surface area contributed by atoms with Crippen molar-refractivity contribution in [2.75, 3.05) is 11.9 Å². The van der Waals surface area contributed by atoms with E-state index in [1.807, 2.05) is 6.07 Å². The number of halogens is 2. The molecule has 7 nitrogen and oxygen atoms in total. The van der Waals surface area contributed by atoms with Gasteiger partial charge in [0.1, 0.15) is 16.5 Å². The van der Waals surface area contributed by atoms with Crippen LogP contribution in [-0.4, -0.2) is 37.8 Å². The van der Waals surface area contributed by atoms with E-state index in [0.717, 1.165) is 28.9 Å². The molecular formula is C19H15F2N5O2S. The largest absolute Gasteiger partial charge is 0.334 e. The van der Waals surface area contributed by atoms with Gasteiger partial charge < -0.3 is 10.2 Å². The first kappa shape index (κ1) is 19.1. The van der Waals surface area contributed by atoms with Gasteiger partial charge in [0.15, 0.2) is 0 Å². The number of rotatable bonds is 3. The van der Waals surface area contributed by atoms with E-state index in [1.54, 1.807) is 19.2 Å². The molecule has 1 aromatic carbocycles. The number of carbonyl (C=O) groups excluding carboxylic acids is 2. The number of fused-ring (bicyclic) bond motifs is 1. The molecular weight excluding hydrogens is 400 g/mol. The van der Waals surface area contributed by atoms with Crippen molar-refractivity contribution >= 4 is 29.0 Å². The summed E-state index contributed by atoms with van der Waals surface area (Å²) in [6, 6.07) is 5.25. The zero-order valence-corrected chi connectivity index (χ0v) is 16.1. The predicted molar refractivity (Wildman–Crippen MR) is 102 cm³/mol. The van der Waals surface area contributed by atoms with Crippen molar-refractivity contribution in [2.45, 2.75) is 19.9 Å². The molecule has 1 N–H and O–H groups in total. The second-order valence-corrected chi connectivity index (χ2v) is 7.29. The molecule has 0 radical (unpaired) electrons. The summed E-state index contributed by atoms with van der Waals surface area (Å²) >= 11 is 0.862. The average Bonchev–Trinajstić information content (AvgIpc) is 3.15. The van der Waals surface area contributed by atoms with E-state index < -0.39 is 23.4 Å². The molecule has 0 saturated carbocycles. The number of anilines is 1. The molecule has 0 fully saturated rings. The van der Waals surface area contributed by atoms with Gasteiger partial charge >= 0.3 is 0 Å². The number of hydrogen-bond acceptors (Lipinski definition) is 6. The summed E-state index contributed by atoms with van der Waals surface area (Å²) in [6.45, 7) is 2.25. The van der Waals surface area contributed by atoms with Gasteiger partial charge in [-0.3, -0.25) is 14.6 Å². The van der Waals surface area contributed by atoms with Crippen LogP contribution in [0, 0.1) is 18.6 Å². The summed E-state index contributed by atoms with van der Waals surface area (Å²) in [5.41, 5.74) is 1.58. The first-order valence-corrected chi connectivity index (χ1v) is 9.52. The van der Waals surface area contributed by atoms with Gasteiger partial charge in [0.05, 0.1) is 16.9 Å². The van der Waals surface area contributed by atoms with E-state index in [0.29, 0.717) is 24.7 Å². The fourth-order valence-corrected chi connectivity index (χ4v) is 3.69. The Bertz CT molecular complexity index is 1120. The first-order valence-electron chi connectivity index (χ1n) is 8.75. The minimum atomic E-state index is -0.988. The van der Waals surface area contributed by atoms with E-state index in [1.165, 1.54) is 4.90 Å². The Morgan fingerprint density at radius 3 is 2.83 bits per heavy atom. The SMILES string of the molecule is Cc1nnsc1C(=O)Nc1cc(C(=O)N2CCc3ncccc3C2)c(F)cc1F. The number of aromatic nitrogens is 3. The van der Waals surface area contributed by atoms with Crippen molar-refractivity contribution in [3.8, 4) is 0 Å². The molecule has 0 unspecified atom stereocenters. The third-order valence-corrected chi connectivity index (χ3v) is 5.47. The second-order valence-electron chi connectivity index (χ2n) is 6.54. The standard InChI is InChI=1S/C19H15F2N5O2S/c1-10-17(29-25-24-10)18(27)23-16-7-12(13(20)8-14(16)21)19(28)26-6-4-15-11(9-26)3-2-5-22-15/h2-3,5,7-8H,4,6,9H2,1H3,(H,23,27). The Balaban J connectivity index is 1.59. The van der Waals surface area contributed by atoms with Crippen molar-refractivity contribution in [3.05, 3.63) is 69.5 Å². The van der Waals surface area contributed by atoms with Crippen LogP contribution >= 0.6 is 11.5 Å². The summed E-state index contributed by atoms with van der Waals surface area (Å²) in [6.07, 6.45) is 2.23. The molecule has 4 rings (SSSR count). The Labute approximate surface area is 168 Å². The van der Waals surface area contributed by atoms with Crippen LogP contribution in [0.3, 0.4) is 0 Å². The van der Waals surface area contributed by atoms with Crippen LogP contribution in [0.4, 0.5) is 14.5 Å². The van der Waals surface area contributed by atoms with Gasteiger partial charge in [-0.25, -0.2) is 8.78 Å². The normalized spacial score (nSPS) is 13.1. The third-order valence-electron chi connectivity index (χ3n) is 4.64. The summed E-state index contributed by atoms with van der Waals surface area (Å²) < 4.78 is 32.3. The smallest absolute Gasteiger partial charge is 0.269 e. The van der Waals surface area contributed by atoms with Crippen molar-refractivity contribution in [3.63, 3.8) is 0 Å². The van der Waals surface area contributed by atoms with E-state index in [4.69, 9.17) is 0 Å². The number of benzene rings is 1. The molecule has 0 spiro atoms. The zero-order valence-electron chi connectivity index (χ0n) is 15.3. The van der Waals surface area contributed by atoms with Crippen LogP contribution in [0.15, 0.2) is 30.5 Å². The third kappa shape index (κ3) is 3.70. The van der Waals surface area contributed by atoms with Gasteiger partial charge in [-0.15, -0.1) is 5.10 Å². The highest BCUT2D eigenvalue weighted by Crippen LogP contribution is 2.25. The van der Waals surface area contributed by atoms with E-state index in [2.05, 4.69) is 19.9 Å². The number of aryl methyl sites for hydroxylation is 1. The Morgan fingerprint density at radius 1 is 1.24 bits per heavy atom. The van der Waals surface area contributed by atoms with Crippen molar-refractivity contribution in [2.24, 2.45) is 0 Å². The van der Waals surface area contributed by atoms with Gasteiger partial charge in [0.25, 0.3) is 11.8 Å². The monoisotopic (exact) mass is 415 g/mol. The number of pyridine rings is 1. The highest BCUT2D eigenvalue weighted by Gasteiger charge is 2.26. The van der Waals surface area contributed by atoms with Gasteiger partial charge in [-0.2, -0.15) is 0 Å². The molecule has 0 saturated heterocycles. The van der Waals surface area contributed by atoms with Crippen LogP contribution in [0.1, 0.15) is 37.0 Å². The molecule has 3 heterocycles. The molecule has 1 aliphatic rings. The van der Waals surface area contributed by atoms with Gasteiger partial charge in [0, 0.05) is 37.5 Å². The predicted octanol–water partition coefficient (Wildman–Crippen LogP) is 2.97. The Morgan fingerprint density at radius 2 is 2.07 bits per heavy atom. The minimum Gasteiger partial charge on any atom is -0.334 e. The lowest BCUT2D eigenvalue weighted by Crippen LogP contribution is -2.36. The number of amides is 2. The Kier molecular flexibility index (Phi) is 5.01. The maximum absolute atomic E-state index is 14.4. The number of nitrogens with zero attached hydrogens (tertiary/aromatic N) is 4. The lowest BCUT2D eigenvalue weighted by Gasteiger charge is -2.28. The van der Waals surface area contributed by atoms with Crippen LogP contribution in [0.25, 0.3) is 0 Å².